The van der Waals surface area contributed by atoms with Crippen LogP contribution in [0.3, 0.4) is 0 Å². The lowest BCUT2D eigenvalue weighted by atomic mass is 10.2. The molecule has 0 aromatic rings. The molecule has 0 unspecified atom stereocenters. The summed E-state index contributed by atoms with van der Waals surface area (Å²) in [6.45, 7) is 7.91. The lowest BCUT2D eigenvalue weighted by Crippen LogP contribution is -2.28. The minimum atomic E-state index is -0.155. The molecule has 0 aliphatic carbocycles. The molecule has 1 N–H and O–H groups in total. The van der Waals surface area contributed by atoms with E-state index >= 15 is 0 Å². The van der Waals surface area contributed by atoms with Gasteiger partial charge in [0.1, 0.15) is 0 Å². The van der Waals surface area contributed by atoms with Crippen LogP contribution in [0.15, 0.2) is 0 Å². The maximum absolute atomic E-state index is 10.9. The molecule has 3 nitrogen and oxygen atoms in total. The summed E-state index contributed by atoms with van der Waals surface area (Å²) in [7, 11) is 0. The van der Waals surface area contributed by atoms with Gasteiger partial charge in [-0.3, -0.25) is 4.79 Å². The molecule has 0 bridgehead atoms. The first-order valence-electron chi connectivity index (χ1n) is 4.53. The van der Waals surface area contributed by atoms with Gasteiger partial charge in [0.2, 0.25) is 0 Å². The highest BCUT2D eigenvalue weighted by Gasteiger charge is 2.00. The topological polar surface area (TPSA) is 38.3 Å². The molecule has 0 spiro atoms. The van der Waals surface area contributed by atoms with E-state index in [0.29, 0.717) is 19.1 Å². The summed E-state index contributed by atoms with van der Waals surface area (Å²) in [6.07, 6.45) is 0.885. The normalized spacial score (nSPS) is 10.3. The second-order valence-corrected chi connectivity index (χ2v) is 3.25. The summed E-state index contributed by atoms with van der Waals surface area (Å²) in [5, 5.41) is 3.02. The molecule has 0 atom stereocenters. The lowest BCUT2D eigenvalue weighted by molar-refractivity contribution is -0.142. The third-order valence-electron chi connectivity index (χ3n) is 1.29. The Balaban J connectivity index is 3.20. The van der Waals surface area contributed by atoms with Crippen molar-refractivity contribution in [1.82, 2.24) is 5.32 Å². The highest BCUT2D eigenvalue weighted by molar-refractivity contribution is 5.71. The largest absolute Gasteiger partial charge is 0.465 e. The van der Waals surface area contributed by atoms with E-state index in [-0.39, 0.29) is 5.97 Å². The Morgan fingerprint density at radius 1 is 1.50 bits per heavy atom. The van der Waals surface area contributed by atoms with Crippen LogP contribution in [0.4, 0.5) is 0 Å². The summed E-state index contributed by atoms with van der Waals surface area (Å²) in [5.41, 5.74) is 0. The van der Waals surface area contributed by atoms with Crippen LogP contribution in [0.1, 0.15) is 27.2 Å². The molecule has 0 saturated heterocycles. The summed E-state index contributed by atoms with van der Waals surface area (Å²) in [6, 6.07) is 0. The van der Waals surface area contributed by atoms with Gasteiger partial charge in [0.15, 0.2) is 0 Å². The SMILES string of the molecule is CCCOC(=O)CNCC(C)C. The molecule has 0 saturated carbocycles. The van der Waals surface area contributed by atoms with Crippen molar-refractivity contribution in [2.75, 3.05) is 19.7 Å². The van der Waals surface area contributed by atoms with Crippen molar-refractivity contribution in [3.8, 4) is 0 Å². The van der Waals surface area contributed by atoms with Gasteiger partial charge in [-0.1, -0.05) is 20.8 Å². The van der Waals surface area contributed by atoms with Crippen LogP contribution in [0.2, 0.25) is 0 Å². The second kappa shape index (κ2) is 7.10. The van der Waals surface area contributed by atoms with Crippen LogP contribution < -0.4 is 5.32 Å². The Morgan fingerprint density at radius 3 is 2.67 bits per heavy atom. The third kappa shape index (κ3) is 7.54. The first-order valence-corrected chi connectivity index (χ1v) is 4.53. The summed E-state index contributed by atoms with van der Waals surface area (Å²) >= 11 is 0. The van der Waals surface area contributed by atoms with Gasteiger partial charge in [-0.25, -0.2) is 0 Å². The fourth-order valence-electron chi connectivity index (χ4n) is 0.730. The number of carbonyl (C=O) groups excluding carboxylic acids is 1. The number of nitrogens with one attached hydrogen (secondary N) is 1. The Labute approximate surface area is 74.5 Å². The molecule has 72 valence electrons. The maximum Gasteiger partial charge on any atom is 0.319 e. The van der Waals surface area contributed by atoms with Crippen LogP contribution in [-0.2, 0) is 9.53 Å². The van der Waals surface area contributed by atoms with Gasteiger partial charge in [0.05, 0.1) is 13.2 Å². The molecule has 3 heteroatoms. The minimum absolute atomic E-state index is 0.155. The molecule has 0 aliphatic rings. The van der Waals surface area contributed by atoms with E-state index in [9.17, 15) is 4.79 Å². The molecule has 0 aliphatic heterocycles. The highest BCUT2D eigenvalue weighted by Crippen LogP contribution is 1.87. The van der Waals surface area contributed by atoms with Gasteiger partial charge in [0.25, 0.3) is 0 Å². The molecule has 0 fully saturated rings. The molecule has 0 heterocycles. The number of hydrogen-bond donors (Lipinski definition) is 1. The average molecular weight is 173 g/mol. The van der Waals surface area contributed by atoms with Crippen molar-refractivity contribution in [2.45, 2.75) is 27.2 Å². The van der Waals surface area contributed by atoms with Crippen LogP contribution in [-0.4, -0.2) is 25.7 Å². The first-order chi connectivity index (χ1) is 5.66. The number of ether oxygens (including phenoxy) is 1. The minimum Gasteiger partial charge on any atom is -0.465 e. The van der Waals surface area contributed by atoms with E-state index in [1.807, 2.05) is 6.92 Å². The fourth-order valence-corrected chi connectivity index (χ4v) is 0.730. The van der Waals surface area contributed by atoms with E-state index < -0.39 is 0 Å². The van der Waals surface area contributed by atoms with Gasteiger partial charge < -0.3 is 10.1 Å². The Hall–Kier alpha value is -0.570. The Morgan fingerprint density at radius 2 is 2.17 bits per heavy atom. The molecule has 0 radical (unpaired) electrons. The van der Waals surface area contributed by atoms with Gasteiger partial charge in [-0.15, -0.1) is 0 Å². The second-order valence-electron chi connectivity index (χ2n) is 3.25. The van der Waals surface area contributed by atoms with Gasteiger partial charge in [0, 0.05) is 0 Å². The first kappa shape index (κ1) is 11.4. The van der Waals surface area contributed by atoms with Gasteiger partial charge in [-0.05, 0) is 18.9 Å². The van der Waals surface area contributed by atoms with Crippen molar-refractivity contribution in [2.24, 2.45) is 5.92 Å². The smallest absolute Gasteiger partial charge is 0.319 e. The Kier molecular flexibility index (Phi) is 6.76. The van der Waals surface area contributed by atoms with Crippen molar-refractivity contribution in [3.63, 3.8) is 0 Å². The van der Waals surface area contributed by atoms with Crippen LogP contribution >= 0.6 is 0 Å². The molecule has 12 heavy (non-hydrogen) atoms. The van der Waals surface area contributed by atoms with Crippen LogP contribution in [0, 0.1) is 5.92 Å². The summed E-state index contributed by atoms with van der Waals surface area (Å²) in [5.74, 6) is 0.418. The van der Waals surface area contributed by atoms with E-state index in [2.05, 4.69) is 19.2 Å². The lowest BCUT2D eigenvalue weighted by Gasteiger charge is -2.06. The third-order valence-corrected chi connectivity index (χ3v) is 1.29. The fraction of sp³-hybridized carbons (Fsp3) is 0.889. The predicted octanol–water partition coefficient (Wildman–Crippen LogP) is 1.19. The molecule has 0 aromatic heterocycles. The average Bonchev–Trinajstić information content (AvgIpc) is 2.00. The highest BCUT2D eigenvalue weighted by atomic mass is 16.5. The van der Waals surface area contributed by atoms with Gasteiger partial charge >= 0.3 is 5.97 Å². The summed E-state index contributed by atoms with van der Waals surface area (Å²) in [4.78, 5) is 10.9. The van der Waals surface area contributed by atoms with Crippen molar-refractivity contribution in [3.05, 3.63) is 0 Å². The number of rotatable bonds is 6. The van der Waals surface area contributed by atoms with Gasteiger partial charge in [-0.2, -0.15) is 0 Å². The van der Waals surface area contributed by atoms with Crippen molar-refractivity contribution >= 4 is 5.97 Å². The van der Waals surface area contributed by atoms with E-state index in [1.165, 1.54) is 0 Å². The van der Waals surface area contributed by atoms with Crippen LogP contribution in [0.5, 0.6) is 0 Å². The summed E-state index contributed by atoms with van der Waals surface area (Å²) < 4.78 is 4.87. The zero-order chi connectivity index (χ0) is 9.40. The number of esters is 1. The number of hydrogen-bond acceptors (Lipinski definition) is 3. The van der Waals surface area contributed by atoms with E-state index in [4.69, 9.17) is 4.74 Å². The van der Waals surface area contributed by atoms with Crippen LogP contribution in [0.25, 0.3) is 0 Å². The van der Waals surface area contributed by atoms with E-state index in [1.54, 1.807) is 0 Å². The zero-order valence-corrected chi connectivity index (χ0v) is 8.22. The number of carbonyl (C=O) groups is 1. The van der Waals surface area contributed by atoms with Crippen molar-refractivity contribution < 1.29 is 9.53 Å². The zero-order valence-electron chi connectivity index (χ0n) is 8.22. The monoisotopic (exact) mass is 173 g/mol. The van der Waals surface area contributed by atoms with Crippen molar-refractivity contribution in [1.29, 1.82) is 0 Å². The molecular weight excluding hydrogens is 154 g/mol. The predicted molar refractivity (Wildman–Crippen MR) is 49.0 cm³/mol. The molecule has 0 amide bonds. The maximum atomic E-state index is 10.9. The molecule has 0 rings (SSSR count). The quantitative estimate of drug-likeness (QED) is 0.613. The molecular formula is C9H19NO2. The van der Waals surface area contributed by atoms with E-state index in [0.717, 1.165) is 13.0 Å². The molecule has 0 aromatic carbocycles. The standard InChI is InChI=1S/C9H19NO2/c1-4-5-12-9(11)7-10-6-8(2)3/h8,10H,4-7H2,1-3H3. The Bertz CT molecular complexity index is 124.